The fraction of sp³-hybridized carbons (Fsp3) is 0.273. The Morgan fingerprint density at radius 1 is 1.17 bits per heavy atom. The summed E-state index contributed by atoms with van der Waals surface area (Å²) in [5.41, 5.74) is 3.70. The van der Waals surface area contributed by atoms with E-state index in [4.69, 9.17) is 0 Å². The SMILES string of the molecule is C[Si](C)C1C=Cc2ccccc21. The topological polar surface area (TPSA) is 0 Å². The van der Waals surface area contributed by atoms with Crippen molar-refractivity contribution in [1.29, 1.82) is 0 Å². The molecule has 0 amide bonds. The Morgan fingerprint density at radius 2 is 1.92 bits per heavy atom. The Hall–Kier alpha value is -0.823. The first kappa shape index (κ1) is 7.81. The van der Waals surface area contributed by atoms with Crippen molar-refractivity contribution < 1.29 is 0 Å². The molecule has 2 rings (SSSR count). The van der Waals surface area contributed by atoms with E-state index in [9.17, 15) is 0 Å². The lowest BCUT2D eigenvalue weighted by atomic mass is 10.1. The first-order valence-electron chi connectivity index (χ1n) is 4.36. The van der Waals surface area contributed by atoms with Crippen LogP contribution in [0.1, 0.15) is 16.7 Å². The van der Waals surface area contributed by atoms with Crippen molar-refractivity contribution in [3.05, 3.63) is 41.5 Å². The second kappa shape index (κ2) is 2.90. The van der Waals surface area contributed by atoms with Crippen LogP contribution in [0, 0.1) is 0 Å². The van der Waals surface area contributed by atoms with Crippen LogP contribution in [0.2, 0.25) is 13.1 Å². The molecule has 1 aliphatic carbocycles. The first-order chi connectivity index (χ1) is 5.79. The zero-order valence-corrected chi connectivity index (χ0v) is 8.54. The van der Waals surface area contributed by atoms with Crippen LogP contribution in [-0.2, 0) is 0 Å². The summed E-state index contributed by atoms with van der Waals surface area (Å²) < 4.78 is 0. The van der Waals surface area contributed by atoms with E-state index in [1.807, 2.05) is 0 Å². The highest BCUT2D eigenvalue weighted by Crippen LogP contribution is 2.31. The van der Waals surface area contributed by atoms with Gasteiger partial charge in [-0.3, -0.25) is 0 Å². The smallest absolute Gasteiger partial charge is 0.0548 e. The van der Waals surface area contributed by atoms with Crippen molar-refractivity contribution in [3.63, 3.8) is 0 Å². The number of fused-ring (bicyclic) bond motifs is 1. The third-order valence-electron chi connectivity index (χ3n) is 2.42. The minimum absolute atomic E-state index is 0.211. The predicted molar refractivity (Wildman–Crippen MR) is 55.7 cm³/mol. The highest BCUT2D eigenvalue weighted by Gasteiger charge is 2.19. The Labute approximate surface area is 75.5 Å². The maximum Gasteiger partial charge on any atom is 0.0548 e. The third kappa shape index (κ3) is 1.14. The summed E-state index contributed by atoms with van der Waals surface area (Å²) in [6.45, 7) is 4.75. The minimum atomic E-state index is -0.211. The molecule has 0 bridgehead atoms. The molecule has 1 unspecified atom stereocenters. The summed E-state index contributed by atoms with van der Waals surface area (Å²) in [5.74, 6) is 0. The Bertz CT molecular complexity index is 313. The van der Waals surface area contributed by atoms with E-state index in [-0.39, 0.29) is 8.80 Å². The van der Waals surface area contributed by atoms with E-state index in [0.29, 0.717) is 0 Å². The van der Waals surface area contributed by atoms with E-state index in [2.05, 4.69) is 49.5 Å². The van der Waals surface area contributed by atoms with Gasteiger partial charge < -0.3 is 0 Å². The van der Waals surface area contributed by atoms with E-state index in [1.165, 1.54) is 11.1 Å². The molecule has 0 saturated heterocycles. The fourth-order valence-electron chi connectivity index (χ4n) is 1.75. The molecular formula is C11H13Si. The molecule has 1 heteroatoms. The van der Waals surface area contributed by atoms with Gasteiger partial charge in [0, 0.05) is 0 Å². The van der Waals surface area contributed by atoms with Gasteiger partial charge >= 0.3 is 0 Å². The van der Waals surface area contributed by atoms with Crippen molar-refractivity contribution in [2.75, 3.05) is 0 Å². The van der Waals surface area contributed by atoms with Crippen LogP contribution in [-0.4, -0.2) is 8.80 Å². The van der Waals surface area contributed by atoms with Gasteiger partial charge in [-0.1, -0.05) is 49.5 Å². The van der Waals surface area contributed by atoms with Gasteiger partial charge in [0.25, 0.3) is 0 Å². The van der Waals surface area contributed by atoms with Gasteiger partial charge in [-0.25, -0.2) is 0 Å². The Morgan fingerprint density at radius 3 is 2.67 bits per heavy atom. The number of hydrogen-bond donors (Lipinski definition) is 0. The molecule has 1 aromatic carbocycles. The molecule has 0 spiro atoms. The maximum atomic E-state index is 2.38. The predicted octanol–water partition coefficient (Wildman–Crippen LogP) is 3.09. The van der Waals surface area contributed by atoms with Crippen molar-refractivity contribution in [2.45, 2.75) is 18.6 Å². The molecule has 0 fully saturated rings. The van der Waals surface area contributed by atoms with E-state index in [1.54, 1.807) is 0 Å². The van der Waals surface area contributed by atoms with Gasteiger partial charge in [0.15, 0.2) is 0 Å². The molecule has 61 valence electrons. The summed E-state index contributed by atoms with van der Waals surface area (Å²) in [6.07, 6.45) is 4.62. The van der Waals surface area contributed by atoms with E-state index < -0.39 is 0 Å². The summed E-state index contributed by atoms with van der Waals surface area (Å²) in [6, 6.07) is 8.72. The van der Waals surface area contributed by atoms with Crippen LogP contribution in [0.5, 0.6) is 0 Å². The fourth-order valence-corrected chi connectivity index (χ4v) is 3.12. The molecule has 0 aliphatic heterocycles. The van der Waals surface area contributed by atoms with Crippen LogP contribution in [0.25, 0.3) is 6.08 Å². The van der Waals surface area contributed by atoms with Gasteiger partial charge in [0.1, 0.15) is 0 Å². The second-order valence-corrected chi connectivity index (χ2v) is 6.32. The highest BCUT2D eigenvalue weighted by atomic mass is 28.3. The van der Waals surface area contributed by atoms with Crippen LogP contribution in [0.15, 0.2) is 30.3 Å². The lowest BCUT2D eigenvalue weighted by Crippen LogP contribution is -2.11. The summed E-state index contributed by atoms with van der Waals surface area (Å²) in [5, 5.41) is 0. The lowest BCUT2D eigenvalue weighted by molar-refractivity contribution is 1.20. The number of rotatable bonds is 1. The van der Waals surface area contributed by atoms with E-state index in [0.717, 1.165) is 5.54 Å². The van der Waals surface area contributed by atoms with Crippen LogP contribution < -0.4 is 0 Å². The third-order valence-corrected chi connectivity index (χ3v) is 4.17. The standard InChI is InChI=1S/C11H13Si/c1-12(2)11-8-7-9-5-3-4-6-10(9)11/h3-8,11H,1-2H3. The van der Waals surface area contributed by atoms with Gasteiger partial charge in [-0.05, 0) is 16.7 Å². The molecule has 0 nitrogen and oxygen atoms in total. The zero-order chi connectivity index (χ0) is 8.55. The maximum absolute atomic E-state index is 2.38. The Kier molecular flexibility index (Phi) is 1.89. The number of hydrogen-bond acceptors (Lipinski definition) is 0. The molecule has 0 saturated carbocycles. The van der Waals surface area contributed by atoms with Gasteiger partial charge in [0.05, 0.1) is 8.80 Å². The molecule has 0 heterocycles. The molecule has 0 N–H and O–H groups in total. The van der Waals surface area contributed by atoms with Crippen LogP contribution >= 0.6 is 0 Å². The highest BCUT2D eigenvalue weighted by molar-refractivity contribution is 6.58. The van der Waals surface area contributed by atoms with Crippen LogP contribution in [0.4, 0.5) is 0 Å². The second-order valence-electron chi connectivity index (χ2n) is 3.54. The molecular weight excluding hydrogens is 160 g/mol. The average Bonchev–Trinajstić information content (AvgIpc) is 2.47. The number of allylic oxidation sites excluding steroid dienone is 1. The van der Waals surface area contributed by atoms with E-state index >= 15 is 0 Å². The van der Waals surface area contributed by atoms with Gasteiger partial charge in [0.2, 0.25) is 0 Å². The molecule has 1 aliphatic rings. The Balaban J connectivity index is 2.42. The number of benzene rings is 1. The largest absolute Gasteiger partial charge is 0.0794 e. The van der Waals surface area contributed by atoms with Gasteiger partial charge in [-0.15, -0.1) is 0 Å². The van der Waals surface area contributed by atoms with Crippen molar-refractivity contribution in [1.82, 2.24) is 0 Å². The molecule has 1 aromatic rings. The normalized spacial score (nSPS) is 20.1. The van der Waals surface area contributed by atoms with Crippen molar-refractivity contribution >= 4 is 14.9 Å². The van der Waals surface area contributed by atoms with Crippen LogP contribution in [0.3, 0.4) is 0 Å². The molecule has 1 radical (unpaired) electrons. The lowest BCUT2D eigenvalue weighted by Gasteiger charge is -2.12. The molecule has 12 heavy (non-hydrogen) atoms. The summed E-state index contributed by atoms with van der Waals surface area (Å²) in [4.78, 5) is 0. The first-order valence-corrected chi connectivity index (χ1v) is 6.94. The summed E-state index contributed by atoms with van der Waals surface area (Å²) in [7, 11) is -0.211. The van der Waals surface area contributed by atoms with Gasteiger partial charge in [-0.2, -0.15) is 0 Å². The van der Waals surface area contributed by atoms with Crippen molar-refractivity contribution in [2.24, 2.45) is 0 Å². The average molecular weight is 173 g/mol. The minimum Gasteiger partial charge on any atom is -0.0794 e. The van der Waals surface area contributed by atoms with Crippen molar-refractivity contribution in [3.8, 4) is 0 Å². The molecule has 1 atom stereocenters. The molecule has 0 aromatic heterocycles. The quantitative estimate of drug-likeness (QED) is 0.572. The zero-order valence-electron chi connectivity index (χ0n) is 7.54. The summed E-state index contributed by atoms with van der Waals surface area (Å²) >= 11 is 0. The monoisotopic (exact) mass is 173 g/mol.